The second kappa shape index (κ2) is 11.9. The van der Waals surface area contributed by atoms with Gasteiger partial charge < -0.3 is 29.5 Å². The van der Waals surface area contributed by atoms with Gasteiger partial charge in [-0.25, -0.2) is 4.79 Å². The molecule has 2 atom stereocenters. The maximum absolute atomic E-state index is 14.3. The second-order valence-electron chi connectivity index (χ2n) is 12.8. The number of hydrogen-bond donors (Lipinski definition) is 1. The molecule has 1 aromatic carbocycles. The van der Waals surface area contributed by atoms with E-state index < -0.39 is 5.60 Å². The quantitative estimate of drug-likeness (QED) is 0.503. The number of piperidine rings is 1. The molecule has 1 aliphatic carbocycles. The molecule has 0 unspecified atom stereocenters. The van der Waals surface area contributed by atoms with E-state index in [1.54, 1.807) is 22.8 Å². The number of benzene rings is 1. The van der Waals surface area contributed by atoms with Crippen LogP contribution < -0.4 is 15.0 Å². The predicted octanol–water partition coefficient (Wildman–Crippen LogP) is 4.14. The third kappa shape index (κ3) is 6.62. The maximum Gasteiger partial charge on any atom is 0.410 e. The van der Waals surface area contributed by atoms with E-state index in [0.29, 0.717) is 56.0 Å². The van der Waals surface area contributed by atoms with Gasteiger partial charge in [0.1, 0.15) is 11.4 Å². The normalized spacial score (nSPS) is 21.9. The smallest absolute Gasteiger partial charge is 0.410 e. The van der Waals surface area contributed by atoms with Crippen molar-refractivity contribution in [2.75, 3.05) is 37.7 Å². The van der Waals surface area contributed by atoms with Crippen molar-refractivity contribution < 1.29 is 28.7 Å². The van der Waals surface area contributed by atoms with Crippen LogP contribution in [0.4, 0.5) is 10.5 Å². The number of nitrogens with zero attached hydrogens (tertiary/aromatic N) is 3. The summed E-state index contributed by atoms with van der Waals surface area (Å²) in [6.07, 6.45) is 3.37. The number of fused-ring (bicyclic) bond motifs is 1. The Hall–Kier alpha value is -3.30. The molecule has 2 heterocycles. The van der Waals surface area contributed by atoms with Crippen LogP contribution >= 0.6 is 0 Å². The Balaban J connectivity index is 1.58. The zero-order chi connectivity index (χ0) is 30.1. The highest BCUT2D eigenvalue weighted by molar-refractivity contribution is 6.02. The zero-order valence-electron chi connectivity index (χ0n) is 25.7. The second-order valence-corrected chi connectivity index (χ2v) is 12.8. The third-order valence-corrected chi connectivity index (χ3v) is 8.25. The molecule has 2 fully saturated rings. The molecule has 1 N–H and O–H groups in total. The predicted molar refractivity (Wildman–Crippen MR) is 156 cm³/mol. The first kappa shape index (κ1) is 30.7. The molecule has 0 radical (unpaired) electrons. The molecule has 4 rings (SSSR count). The largest absolute Gasteiger partial charge is 0.482 e. The van der Waals surface area contributed by atoms with Crippen molar-refractivity contribution in [3.63, 3.8) is 0 Å². The van der Waals surface area contributed by atoms with Crippen LogP contribution in [0.1, 0.15) is 90.1 Å². The van der Waals surface area contributed by atoms with Crippen molar-refractivity contribution in [3.8, 4) is 5.75 Å². The molecule has 4 amide bonds. The number of amides is 4. The lowest BCUT2D eigenvalue weighted by Crippen LogP contribution is -2.48. The summed E-state index contributed by atoms with van der Waals surface area (Å²) in [6, 6.07) is 3.62. The van der Waals surface area contributed by atoms with Gasteiger partial charge in [0.05, 0.1) is 5.69 Å². The summed E-state index contributed by atoms with van der Waals surface area (Å²) in [4.78, 5) is 57.1. The summed E-state index contributed by atoms with van der Waals surface area (Å²) in [5.41, 5.74) is 1.27. The Labute approximate surface area is 243 Å². The van der Waals surface area contributed by atoms with Gasteiger partial charge in [0.2, 0.25) is 5.91 Å². The van der Waals surface area contributed by atoms with Gasteiger partial charge in [-0.3, -0.25) is 14.4 Å². The number of likely N-dealkylation sites (tertiary alicyclic amines) is 1. The maximum atomic E-state index is 14.3. The van der Waals surface area contributed by atoms with Gasteiger partial charge in [-0.1, -0.05) is 13.8 Å². The van der Waals surface area contributed by atoms with Gasteiger partial charge in [-0.15, -0.1) is 0 Å². The van der Waals surface area contributed by atoms with Crippen molar-refractivity contribution in [2.24, 2.45) is 5.41 Å². The lowest BCUT2D eigenvalue weighted by atomic mass is 9.93. The molecule has 0 bridgehead atoms. The molecule has 41 heavy (non-hydrogen) atoms. The highest BCUT2D eigenvalue weighted by Gasteiger charge is 2.60. The van der Waals surface area contributed by atoms with Crippen molar-refractivity contribution in [2.45, 2.75) is 98.3 Å². The van der Waals surface area contributed by atoms with Crippen molar-refractivity contribution in [1.82, 2.24) is 15.1 Å². The van der Waals surface area contributed by atoms with Crippen LogP contribution in [-0.4, -0.2) is 84.1 Å². The molecule has 1 aromatic rings. The number of nitrogens with one attached hydrogen (secondary N) is 1. The first-order valence-electron chi connectivity index (χ1n) is 15.0. The molecule has 10 heteroatoms. The lowest BCUT2D eigenvalue weighted by molar-refractivity contribution is -0.122. The topological polar surface area (TPSA) is 108 Å². The molecular formula is C31H46N4O6. The average Bonchev–Trinajstić information content (AvgIpc) is 3.58. The van der Waals surface area contributed by atoms with E-state index in [0.717, 1.165) is 24.8 Å². The number of ether oxygens (including phenoxy) is 2. The first-order valence-corrected chi connectivity index (χ1v) is 15.0. The van der Waals surface area contributed by atoms with Gasteiger partial charge in [-0.05, 0) is 78.0 Å². The number of carbonyl (C=O) groups excluding carboxylic acids is 4. The van der Waals surface area contributed by atoms with Crippen LogP contribution in [0, 0.1) is 5.41 Å². The number of aryl methyl sites for hydroxylation is 1. The van der Waals surface area contributed by atoms with E-state index in [-0.39, 0.29) is 47.9 Å². The molecule has 1 saturated carbocycles. The molecule has 0 aromatic heterocycles. The molecule has 1 spiro atoms. The molecule has 2 aliphatic heterocycles. The fraction of sp³-hybridized carbons (Fsp3) is 0.677. The number of carbonyl (C=O) groups is 4. The van der Waals surface area contributed by atoms with Crippen molar-refractivity contribution in [1.29, 1.82) is 0 Å². The van der Waals surface area contributed by atoms with Gasteiger partial charge >= 0.3 is 6.09 Å². The van der Waals surface area contributed by atoms with E-state index in [1.807, 2.05) is 52.5 Å². The summed E-state index contributed by atoms with van der Waals surface area (Å²) < 4.78 is 11.4. The summed E-state index contributed by atoms with van der Waals surface area (Å²) >= 11 is 0. The summed E-state index contributed by atoms with van der Waals surface area (Å²) in [7, 11) is 0. The number of hydrogen-bond acceptors (Lipinski definition) is 6. The fourth-order valence-electron chi connectivity index (χ4n) is 6.13. The highest BCUT2D eigenvalue weighted by atomic mass is 16.6. The fourth-order valence-corrected chi connectivity index (χ4v) is 6.13. The highest BCUT2D eigenvalue weighted by Crippen LogP contribution is 2.56. The zero-order valence-corrected chi connectivity index (χ0v) is 25.7. The van der Waals surface area contributed by atoms with Gasteiger partial charge in [-0.2, -0.15) is 0 Å². The van der Waals surface area contributed by atoms with Crippen LogP contribution in [0.25, 0.3) is 0 Å². The number of rotatable bonds is 8. The van der Waals surface area contributed by atoms with E-state index in [4.69, 9.17) is 9.47 Å². The Morgan fingerprint density at radius 2 is 1.95 bits per heavy atom. The van der Waals surface area contributed by atoms with E-state index in [9.17, 15) is 19.2 Å². The summed E-state index contributed by atoms with van der Waals surface area (Å²) in [6.45, 7) is 15.2. The minimum atomic E-state index is -0.561. The Morgan fingerprint density at radius 1 is 1.22 bits per heavy atom. The SMILES string of the molecule is CCC(=O)NCCN1C(=O)COc2cc(CC)c(C(=O)N(C(C)C)[C@H]3C[C@@]34CCCN(C(=O)OC(C)(C)C)C4)cc21. The van der Waals surface area contributed by atoms with Gasteiger partial charge in [0.25, 0.3) is 11.8 Å². The van der Waals surface area contributed by atoms with Crippen LogP contribution in [0.2, 0.25) is 0 Å². The molecular weight excluding hydrogens is 524 g/mol. The summed E-state index contributed by atoms with van der Waals surface area (Å²) in [5, 5.41) is 2.82. The summed E-state index contributed by atoms with van der Waals surface area (Å²) in [5.74, 6) is 0.200. The standard InChI is InChI=1S/C31H46N4O6/c1-8-21-15-24-23(34(27(37)18-40-24)14-12-32-26(36)9-2)16-22(21)28(38)35(20(3)4)25-17-31(25)11-10-13-33(19-31)29(39)41-30(5,6)7/h15-16,20,25H,8-14,17-19H2,1-7H3,(H,32,36)/t25-,31+/m0/s1. The Kier molecular flexibility index (Phi) is 8.90. The average molecular weight is 571 g/mol. The van der Waals surface area contributed by atoms with Crippen LogP contribution in [-0.2, 0) is 20.7 Å². The van der Waals surface area contributed by atoms with Crippen LogP contribution in [0.5, 0.6) is 5.75 Å². The minimum Gasteiger partial charge on any atom is -0.482 e. The van der Waals surface area contributed by atoms with E-state index in [1.165, 1.54) is 0 Å². The monoisotopic (exact) mass is 570 g/mol. The van der Waals surface area contributed by atoms with Crippen molar-refractivity contribution in [3.05, 3.63) is 23.3 Å². The van der Waals surface area contributed by atoms with Crippen molar-refractivity contribution >= 4 is 29.5 Å². The molecule has 226 valence electrons. The third-order valence-electron chi connectivity index (χ3n) is 8.25. The lowest BCUT2D eigenvalue weighted by Gasteiger charge is -2.37. The first-order chi connectivity index (χ1) is 19.3. The molecule has 10 nitrogen and oxygen atoms in total. The minimum absolute atomic E-state index is 0.0132. The molecule has 1 saturated heterocycles. The van der Waals surface area contributed by atoms with Crippen LogP contribution in [0.3, 0.4) is 0 Å². The van der Waals surface area contributed by atoms with Gasteiger partial charge in [0, 0.05) is 55.7 Å². The van der Waals surface area contributed by atoms with E-state index >= 15 is 0 Å². The van der Waals surface area contributed by atoms with Gasteiger partial charge in [0.15, 0.2) is 6.61 Å². The molecule has 3 aliphatic rings. The number of anilines is 1. The Bertz CT molecular complexity index is 1190. The van der Waals surface area contributed by atoms with Crippen LogP contribution in [0.15, 0.2) is 12.1 Å². The Morgan fingerprint density at radius 3 is 2.59 bits per heavy atom. The van der Waals surface area contributed by atoms with E-state index in [2.05, 4.69) is 5.32 Å².